The minimum Gasteiger partial charge on any atom is -0.497 e. The molecule has 2 amide bonds. The van der Waals surface area contributed by atoms with E-state index in [9.17, 15) is 18.0 Å². The number of amides is 2. The number of carbonyl (C=O) groups is 2. The maximum absolute atomic E-state index is 14.1. The Labute approximate surface area is 248 Å². The third-order valence-corrected chi connectivity index (χ3v) is 8.60. The van der Waals surface area contributed by atoms with E-state index in [1.165, 1.54) is 29.2 Å². The average molecular weight is 600 g/mol. The zero-order valence-electron chi connectivity index (χ0n) is 24.1. The van der Waals surface area contributed by atoms with Crippen molar-refractivity contribution < 1.29 is 22.7 Å². The minimum atomic E-state index is -4.16. The van der Waals surface area contributed by atoms with Gasteiger partial charge >= 0.3 is 0 Å². The van der Waals surface area contributed by atoms with E-state index in [1.807, 2.05) is 33.8 Å². The lowest BCUT2D eigenvalue weighted by Gasteiger charge is -2.33. The molecule has 0 fully saturated rings. The van der Waals surface area contributed by atoms with Crippen molar-refractivity contribution >= 4 is 39.1 Å². The molecular weight excluding hydrogens is 562 g/mol. The van der Waals surface area contributed by atoms with Gasteiger partial charge in [0.2, 0.25) is 11.8 Å². The lowest BCUT2D eigenvalue weighted by Crippen LogP contribution is -2.52. The second kappa shape index (κ2) is 14.4. The Kier molecular flexibility index (Phi) is 11.2. The highest BCUT2D eigenvalue weighted by Gasteiger charge is 2.33. The highest BCUT2D eigenvalue weighted by Crippen LogP contribution is 2.26. The van der Waals surface area contributed by atoms with Crippen molar-refractivity contribution in [2.75, 3.05) is 24.5 Å². The van der Waals surface area contributed by atoms with Crippen LogP contribution in [-0.4, -0.2) is 51.4 Å². The molecule has 0 aliphatic rings. The molecule has 0 aliphatic heterocycles. The number of halogens is 1. The minimum absolute atomic E-state index is 0.00339. The molecule has 8 nitrogen and oxygen atoms in total. The van der Waals surface area contributed by atoms with Gasteiger partial charge in [-0.15, -0.1) is 0 Å². The molecule has 0 unspecified atom stereocenters. The summed E-state index contributed by atoms with van der Waals surface area (Å²) >= 11 is 6.01. The molecule has 0 aromatic heterocycles. The summed E-state index contributed by atoms with van der Waals surface area (Å²) in [5.41, 5.74) is 2.02. The Morgan fingerprint density at radius 1 is 1.00 bits per heavy atom. The van der Waals surface area contributed by atoms with E-state index < -0.39 is 28.5 Å². The van der Waals surface area contributed by atoms with Crippen molar-refractivity contribution in [3.05, 3.63) is 88.9 Å². The number of nitrogens with zero attached hydrogens (tertiary/aromatic N) is 2. The molecule has 0 heterocycles. The highest BCUT2D eigenvalue weighted by molar-refractivity contribution is 7.92. The maximum Gasteiger partial charge on any atom is 0.264 e. The number of aryl methyl sites for hydroxylation is 1. The molecule has 1 atom stereocenters. The fraction of sp³-hybridized carbons (Fsp3) is 0.355. The van der Waals surface area contributed by atoms with Crippen LogP contribution in [0.2, 0.25) is 5.02 Å². The molecule has 3 rings (SSSR count). The molecule has 3 aromatic rings. The number of ether oxygens (including phenoxy) is 1. The van der Waals surface area contributed by atoms with Gasteiger partial charge in [0.1, 0.15) is 18.3 Å². The van der Waals surface area contributed by atoms with Crippen LogP contribution in [0.5, 0.6) is 5.75 Å². The lowest BCUT2D eigenvalue weighted by molar-refractivity contribution is -0.140. The van der Waals surface area contributed by atoms with Crippen LogP contribution < -0.4 is 14.4 Å². The van der Waals surface area contributed by atoms with E-state index in [0.717, 1.165) is 15.4 Å². The van der Waals surface area contributed by atoms with E-state index in [1.54, 1.807) is 49.6 Å². The normalized spacial score (nSPS) is 12.1. The Balaban J connectivity index is 2.05. The fourth-order valence-corrected chi connectivity index (χ4v) is 5.82. The summed E-state index contributed by atoms with van der Waals surface area (Å²) in [6, 6.07) is 19.1. The molecule has 0 saturated carbocycles. The summed E-state index contributed by atoms with van der Waals surface area (Å²) in [6.45, 7) is 7.73. The van der Waals surface area contributed by atoms with Crippen molar-refractivity contribution in [3.8, 4) is 5.75 Å². The molecule has 10 heteroatoms. The van der Waals surface area contributed by atoms with Gasteiger partial charge in [-0.25, -0.2) is 8.42 Å². The quantitative estimate of drug-likeness (QED) is 0.283. The fourth-order valence-electron chi connectivity index (χ4n) is 4.28. The molecule has 41 heavy (non-hydrogen) atoms. The lowest BCUT2D eigenvalue weighted by atomic mass is 10.1. The van der Waals surface area contributed by atoms with E-state index in [4.69, 9.17) is 16.3 Å². The number of rotatable bonds is 13. The van der Waals surface area contributed by atoms with Gasteiger partial charge in [0, 0.05) is 18.1 Å². The van der Waals surface area contributed by atoms with Crippen LogP contribution in [0, 0.1) is 12.8 Å². The summed E-state index contributed by atoms with van der Waals surface area (Å²) in [5, 5.41) is 3.32. The van der Waals surface area contributed by atoms with E-state index >= 15 is 0 Å². The van der Waals surface area contributed by atoms with Gasteiger partial charge in [-0.05, 0) is 73.4 Å². The number of benzene rings is 3. The van der Waals surface area contributed by atoms with Crippen LogP contribution in [0.4, 0.5) is 5.69 Å². The first kappa shape index (κ1) is 32.0. The summed E-state index contributed by atoms with van der Waals surface area (Å²) in [7, 11) is -2.61. The van der Waals surface area contributed by atoms with Crippen LogP contribution in [0.25, 0.3) is 0 Å². The van der Waals surface area contributed by atoms with Gasteiger partial charge in [0.05, 0.1) is 17.7 Å². The van der Waals surface area contributed by atoms with Gasteiger partial charge in [0.15, 0.2) is 0 Å². The van der Waals surface area contributed by atoms with Crippen LogP contribution >= 0.6 is 11.6 Å². The van der Waals surface area contributed by atoms with Gasteiger partial charge in [-0.2, -0.15) is 0 Å². The first-order valence-corrected chi connectivity index (χ1v) is 15.3. The van der Waals surface area contributed by atoms with Crippen molar-refractivity contribution in [1.29, 1.82) is 0 Å². The van der Waals surface area contributed by atoms with E-state index in [2.05, 4.69) is 5.32 Å². The topological polar surface area (TPSA) is 96.0 Å². The summed E-state index contributed by atoms with van der Waals surface area (Å²) in [5.74, 6) is 0.0247. The predicted molar refractivity (Wildman–Crippen MR) is 163 cm³/mol. The summed E-state index contributed by atoms with van der Waals surface area (Å²) < 4.78 is 34.2. The number of carbonyl (C=O) groups excluding carboxylic acids is 2. The Bertz CT molecular complexity index is 1430. The first-order chi connectivity index (χ1) is 19.5. The summed E-state index contributed by atoms with van der Waals surface area (Å²) in [4.78, 5) is 28.9. The molecule has 220 valence electrons. The number of hydrogen-bond acceptors (Lipinski definition) is 5. The molecule has 0 aliphatic carbocycles. The molecule has 3 aromatic carbocycles. The molecule has 0 bridgehead atoms. The van der Waals surface area contributed by atoms with E-state index in [-0.39, 0.29) is 23.3 Å². The van der Waals surface area contributed by atoms with Gasteiger partial charge < -0.3 is 15.0 Å². The number of hydrogen-bond donors (Lipinski definition) is 1. The monoisotopic (exact) mass is 599 g/mol. The van der Waals surface area contributed by atoms with Crippen LogP contribution in [0.15, 0.2) is 77.7 Å². The largest absolute Gasteiger partial charge is 0.497 e. The average Bonchev–Trinajstić information content (AvgIpc) is 2.95. The smallest absolute Gasteiger partial charge is 0.264 e. The maximum atomic E-state index is 14.1. The molecule has 0 spiro atoms. The van der Waals surface area contributed by atoms with Crippen molar-refractivity contribution in [2.24, 2.45) is 5.92 Å². The molecule has 0 radical (unpaired) electrons. The molecular formula is C31H38ClN3O5S. The van der Waals surface area contributed by atoms with Crippen molar-refractivity contribution in [3.63, 3.8) is 0 Å². The van der Waals surface area contributed by atoms with Gasteiger partial charge in [0.25, 0.3) is 10.0 Å². The Morgan fingerprint density at radius 2 is 1.66 bits per heavy atom. The third kappa shape index (κ3) is 8.47. The predicted octanol–water partition coefficient (Wildman–Crippen LogP) is 5.43. The standard InChI is InChI=1S/C31H38ClN3O5S/c1-6-29(31(37)33-19-22(2)3)34(20-24-8-7-9-27(18-24)40-5)30(36)21-35(26-14-10-23(4)11-15-26)41(38,39)28-16-12-25(32)13-17-28/h7-18,22,29H,6,19-21H2,1-5H3,(H,33,37)/t29-/m1/s1. The zero-order chi connectivity index (χ0) is 30.2. The highest BCUT2D eigenvalue weighted by atomic mass is 35.5. The number of anilines is 1. The second-order valence-corrected chi connectivity index (χ2v) is 12.5. The second-order valence-electron chi connectivity index (χ2n) is 10.2. The van der Waals surface area contributed by atoms with Crippen LogP contribution in [0.1, 0.15) is 38.3 Å². The van der Waals surface area contributed by atoms with Crippen LogP contribution in [0.3, 0.4) is 0 Å². The van der Waals surface area contributed by atoms with Crippen LogP contribution in [-0.2, 0) is 26.2 Å². The van der Waals surface area contributed by atoms with E-state index in [0.29, 0.717) is 29.4 Å². The van der Waals surface area contributed by atoms with Gasteiger partial charge in [-0.1, -0.05) is 62.2 Å². The Morgan fingerprint density at radius 3 is 2.24 bits per heavy atom. The molecule has 0 saturated heterocycles. The Hall–Kier alpha value is -3.56. The van der Waals surface area contributed by atoms with Crippen molar-refractivity contribution in [2.45, 2.75) is 51.6 Å². The summed E-state index contributed by atoms with van der Waals surface area (Å²) in [6.07, 6.45) is 0.341. The zero-order valence-corrected chi connectivity index (χ0v) is 25.7. The van der Waals surface area contributed by atoms with Gasteiger partial charge in [-0.3, -0.25) is 13.9 Å². The first-order valence-electron chi connectivity index (χ1n) is 13.5. The molecule has 1 N–H and O–H groups in total. The number of methoxy groups -OCH3 is 1. The third-order valence-electron chi connectivity index (χ3n) is 6.56. The van der Waals surface area contributed by atoms with Crippen molar-refractivity contribution in [1.82, 2.24) is 10.2 Å². The number of sulfonamides is 1. The SMILES string of the molecule is CC[C@H](C(=O)NCC(C)C)N(Cc1cccc(OC)c1)C(=O)CN(c1ccc(C)cc1)S(=O)(=O)c1ccc(Cl)cc1. The number of nitrogens with one attached hydrogen (secondary N) is 1.